The van der Waals surface area contributed by atoms with Crippen LogP contribution in [-0.2, 0) is 32.7 Å². The second-order valence-electron chi connectivity index (χ2n) is 15.4. The van der Waals surface area contributed by atoms with Gasteiger partial charge in [-0.15, -0.1) is 0 Å². The Labute approximate surface area is 325 Å². The molecule has 0 spiro atoms. The van der Waals surface area contributed by atoms with Crippen molar-refractivity contribution >= 4 is 19.8 Å². The Kier molecular flexibility index (Phi) is 34.7. The number of rotatable bonds is 38. The molecule has 53 heavy (non-hydrogen) atoms. The fourth-order valence-electron chi connectivity index (χ4n) is 5.61. The highest BCUT2D eigenvalue weighted by atomic mass is 31.2. The molecule has 9 nitrogen and oxygen atoms in total. The van der Waals surface area contributed by atoms with Gasteiger partial charge in [0.15, 0.2) is 6.10 Å². The first-order valence-electron chi connectivity index (χ1n) is 21.2. The second kappa shape index (κ2) is 35.9. The Morgan fingerprint density at radius 3 is 1.60 bits per heavy atom. The van der Waals surface area contributed by atoms with E-state index in [9.17, 15) is 19.0 Å². The summed E-state index contributed by atoms with van der Waals surface area (Å²) in [6, 6.07) is 0. The molecule has 2 atom stereocenters. The van der Waals surface area contributed by atoms with Gasteiger partial charge in [0, 0.05) is 12.5 Å². The molecule has 0 N–H and O–H groups in total. The number of unbranched alkanes of at least 4 members (excludes halogenated alkanes) is 21. The molecule has 0 aliphatic rings. The number of carbonyl (C=O) groups is 2. The molecule has 0 rings (SSSR count). The molecule has 0 aliphatic heterocycles. The maximum atomic E-state index is 12.5. The van der Waals surface area contributed by atoms with Crippen LogP contribution in [-0.4, -0.2) is 70.0 Å². The Morgan fingerprint density at radius 2 is 1.09 bits per heavy atom. The van der Waals surface area contributed by atoms with Crippen molar-refractivity contribution in [1.82, 2.24) is 0 Å². The maximum Gasteiger partial charge on any atom is 0.331 e. The van der Waals surface area contributed by atoms with E-state index >= 15 is 0 Å². The topological polar surface area (TPSA) is 111 Å². The normalized spacial score (nSPS) is 14.0. The summed E-state index contributed by atoms with van der Waals surface area (Å²) in [5.74, 6) is -1.10. The number of quaternary nitrogens is 1. The van der Waals surface area contributed by atoms with Crippen LogP contribution in [0.25, 0.3) is 0 Å². The van der Waals surface area contributed by atoms with Crippen LogP contribution in [0.15, 0.2) is 36.5 Å². The zero-order valence-electron chi connectivity index (χ0n) is 34.7. The molecule has 0 fully saturated rings. The lowest BCUT2D eigenvalue weighted by Crippen LogP contribution is -2.37. The third-order valence-electron chi connectivity index (χ3n) is 8.99. The summed E-state index contributed by atoms with van der Waals surface area (Å²) < 4.78 is 33.6. The molecule has 0 radical (unpaired) electrons. The fraction of sp³-hybridized carbons (Fsp3) is 0.814. The Bertz CT molecular complexity index is 1010. The van der Waals surface area contributed by atoms with Crippen LogP contribution in [0.3, 0.4) is 0 Å². The number of carbonyl (C=O) groups excluding carboxylic acids is 2. The van der Waals surface area contributed by atoms with E-state index in [1.165, 1.54) is 109 Å². The minimum Gasteiger partial charge on any atom is -0.756 e. The van der Waals surface area contributed by atoms with Crippen LogP contribution in [0.2, 0.25) is 0 Å². The molecule has 0 aromatic heterocycles. The molecule has 10 heteroatoms. The van der Waals surface area contributed by atoms with Crippen molar-refractivity contribution in [2.75, 3.05) is 47.5 Å². The second-order valence-corrected chi connectivity index (χ2v) is 16.8. The van der Waals surface area contributed by atoms with Crippen molar-refractivity contribution in [2.45, 2.75) is 180 Å². The highest BCUT2D eigenvalue weighted by molar-refractivity contribution is 7.45. The van der Waals surface area contributed by atoms with Gasteiger partial charge in [-0.2, -0.15) is 0 Å². The third kappa shape index (κ3) is 39.7. The number of phosphoric acid groups is 1. The van der Waals surface area contributed by atoms with Gasteiger partial charge in [-0.1, -0.05) is 153 Å². The molecule has 0 amide bonds. The predicted molar refractivity (Wildman–Crippen MR) is 217 cm³/mol. The molecule has 1 unspecified atom stereocenters. The lowest BCUT2D eigenvalue weighted by molar-refractivity contribution is -0.870. The molecular weight excluding hydrogens is 689 g/mol. The molecular formula is C43H80NO8P. The molecule has 0 saturated carbocycles. The summed E-state index contributed by atoms with van der Waals surface area (Å²) in [5, 5.41) is 0. The Hall–Kier alpha value is -1.77. The van der Waals surface area contributed by atoms with Crippen LogP contribution in [0.5, 0.6) is 0 Å². The van der Waals surface area contributed by atoms with E-state index in [2.05, 4.69) is 26.0 Å². The predicted octanol–water partition coefficient (Wildman–Crippen LogP) is 11.1. The summed E-state index contributed by atoms with van der Waals surface area (Å²) >= 11 is 0. The van der Waals surface area contributed by atoms with Crippen LogP contribution in [0.1, 0.15) is 174 Å². The number of allylic oxidation sites excluding steroid dienone is 5. The lowest BCUT2D eigenvalue weighted by Gasteiger charge is -2.28. The largest absolute Gasteiger partial charge is 0.756 e. The van der Waals surface area contributed by atoms with E-state index < -0.39 is 32.5 Å². The van der Waals surface area contributed by atoms with Crippen molar-refractivity contribution in [2.24, 2.45) is 0 Å². The van der Waals surface area contributed by atoms with Gasteiger partial charge in [0.1, 0.15) is 19.8 Å². The van der Waals surface area contributed by atoms with Gasteiger partial charge in [0.2, 0.25) is 0 Å². The monoisotopic (exact) mass is 770 g/mol. The number of nitrogens with zero attached hydrogens (tertiary/aromatic N) is 1. The number of hydrogen-bond acceptors (Lipinski definition) is 8. The van der Waals surface area contributed by atoms with Crippen LogP contribution >= 0.6 is 7.82 Å². The van der Waals surface area contributed by atoms with Gasteiger partial charge in [0.25, 0.3) is 7.82 Å². The first-order chi connectivity index (χ1) is 25.5. The van der Waals surface area contributed by atoms with E-state index in [0.29, 0.717) is 17.4 Å². The van der Waals surface area contributed by atoms with Gasteiger partial charge in [0.05, 0.1) is 27.7 Å². The minimum atomic E-state index is -4.65. The zero-order chi connectivity index (χ0) is 39.3. The van der Waals surface area contributed by atoms with Gasteiger partial charge in [-0.3, -0.25) is 9.36 Å². The van der Waals surface area contributed by atoms with Crippen molar-refractivity contribution in [3.63, 3.8) is 0 Å². The number of ether oxygens (including phenoxy) is 2. The van der Waals surface area contributed by atoms with Gasteiger partial charge in [-0.05, 0) is 44.9 Å². The zero-order valence-corrected chi connectivity index (χ0v) is 35.6. The van der Waals surface area contributed by atoms with E-state index in [0.717, 1.165) is 44.9 Å². The number of phosphoric ester groups is 1. The highest BCUT2D eigenvalue weighted by Gasteiger charge is 2.21. The number of hydrogen-bond donors (Lipinski definition) is 0. The van der Waals surface area contributed by atoms with Gasteiger partial charge in [-0.25, -0.2) is 4.79 Å². The standard InChI is InChI=1S/C43H80NO8P/c1-6-8-10-12-14-16-18-20-22-24-26-28-30-32-34-36-43(46)52-41(40-51-53(47,48)50-38-37-44(3,4)5)39-49-42(45)35-33-31-29-27-25-23-21-19-17-15-13-11-9-7-2/h19,21,30,32,34,36,41H,6-18,20,22-29,31,33,35,37-40H2,1-5H3/b21-19+,32-30+,36-34+/t41-/m1/s1. The quantitative estimate of drug-likeness (QED) is 0.0116. The number of esters is 2. The number of likely N-dealkylation sites (N-methyl/N-ethyl adjacent to an activating group) is 1. The highest BCUT2D eigenvalue weighted by Crippen LogP contribution is 2.38. The van der Waals surface area contributed by atoms with E-state index in [4.69, 9.17) is 18.5 Å². The lowest BCUT2D eigenvalue weighted by atomic mass is 10.1. The third-order valence-corrected chi connectivity index (χ3v) is 9.95. The summed E-state index contributed by atoms with van der Waals surface area (Å²) in [4.78, 5) is 37.3. The van der Waals surface area contributed by atoms with E-state index in [-0.39, 0.29) is 19.6 Å². The van der Waals surface area contributed by atoms with E-state index in [1.54, 1.807) is 6.08 Å². The van der Waals surface area contributed by atoms with Crippen LogP contribution in [0.4, 0.5) is 0 Å². The van der Waals surface area contributed by atoms with Crippen molar-refractivity contribution < 1.29 is 42.1 Å². The molecule has 0 aliphatic carbocycles. The molecule has 0 aromatic carbocycles. The summed E-state index contributed by atoms with van der Waals surface area (Å²) in [5.41, 5.74) is 0. The van der Waals surface area contributed by atoms with Crippen molar-refractivity contribution in [3.8, 4) is 0 Å². The maximum absolute atomic E-state index is 12.5. The fourth-order valence-corrected chi connectivity index (χ4v) is 6.34. The molecule has 310 valence electrons. The van der Waals surface area contributed by atoms with Crippen LogP contribution in [0, 0.1) is 0 Å². The minimum absolute atomic E-state index is 0.0477. The summed E-state index contributed by atoms with van der Waals surface area (Å²) in [6.07, 6.45) is 39.5. The van der Waals surface area contributed by atoms with E-state index in [1.807, 2.05) is 33.3 Å². The molecule has 0 saturated heterocycles. The van der Waals surface area contributed by atoms with Crippen molar-refractivity contribution in [1.29, 1.82) is 0 Å². The molecule has 0 aromatic rings. The van der Waals surface area contributed by atoms with Crippen molar-refractivity contribution in [3.05, 3.63) is 36.5 Å². The molecule has 0 bridgehead atoms. The first kappa shape index (κ1) is 51.2. The van der Waals surface area contributed by atoms with Gasteiger partial charge < -0.3 is 27.9 Å². The Balaban J connectivity index is 4.50. The summed E-state index contributed by atoms with van der Waals surface area (Å²) in [6.45, 7) is 4.08. The van der Waals surface area contributed by atoms with Crippen LogP contribution < -0.4 is 4.89 Å². The molecule has 0 heterocycles. The smallest absolute Gasteiger partial charge is 0.331 e. The van der Waals surface area contributed by atoms with Gasteiger partial charge >= 0.3 is 11.9 Å². The first-order valence-corrected chi connectivity index (χ1v) is 22.7. The Morgan fingerprint density at radius 1 is 0.623 bits per heavy atom. The summed E-state index contributed by atoms with van der Waals surface area (Å²) in [7, 11) is 1.11. The average Bonchev–Trinajstić information content (AvgIpc) is 3.10. The average molecular weight is 770 g/mol. The SMILES string of the molecule is CCCCCCC/C=C/CCCCCCCC(=O)OC[C@H](COP(=O)([O-])OCC[N+](C)(C)C)OC(=O)/C=C/C=C/CCCCCCCCCCCCC.